The average molecular weight is 617 g/mol. The highest BCUT2D eigenvalue weighted by Gasteiger charge is 2.53. The molecule has 0 aliphatic carbocycles. The summed E-state index contributed by atoms with van der Waals surface area (Å²) in [5.41, 5.74) is 3.62. The fourth-order valence-corrected chi connectivity index (χ4v) is 6.53. The number of nitrogens with zero attached hydrogens (tertiary/aromatic N) is 3. The number of halogens is 1. The third kappa shape index (κ3) is 6.04. The van der Waals surface area contributed by atoms with Gasteiger partial charge < -0.3 is 26.4 Å². The van der Waals surface area contributed by atoms with Crippen LogP contribution in [0.2, 0.25) is 0 Å². The number of rotatable bonds is 5. The van der Waals surface area contributed by atoms with Gasteiger partial charge in [-0.3, -0.25) is 20.2 Å². The molecular formula is C23H33ClN8O6S2. The van der Waals surface area contributed by atoms with E-state index in [0.717, 1.165) is 20.6 Å². The van der Waals surface area contributed by atoms with Gasteiger partial charge in [0.15, 0.2) is 11.1 Å². The molecule has 2 aromatic heterocycles. The molecule has 0 unspecified atom stereocenters. The zero-order valence-electron chi connectivity index (χ0n) is 23.0. The third-order valence-electron chi connectivity index (χ3n) is 6.21. The number of carbonyl (C=O) groups is 5. The van der Waals surface area contributed by atoms with Gasteiger partial charge in [0.2, 0.25) is 0 Å². The summed E-state index contributed by atoms with van der Waals surface area (Å²) >= 11 is 2.65. The van der Waals surface area contributed by atoms with Crippen molar-refractivity contribution < 1.29 is 29.1 Å². The zero-order chi connectivity index (χ0) is 29.5. The lowest BCUT2D eigenvalue weighted by Crippen LogP contribution is -2.58. The Bertz CT molecular complexity index is 1360. The number of hydrogen-bond acceptors (Lipinski definition) is 10. The molecule has 0 bridgehead atoms. The Kier molecular flexibility index (Phi) is 9.57. The molecule has 17 heteroatoms. The van der Waals surface area contributed by atoms with Crippen molar-refractivity contribution in [3.05, 3.63) is 31.2 Å². The summed E-state index contributed by atoms with van der Waals surface area (Å²) in [5.74, 6) is -0.975. The molecule has 7 amide bonds. The number of aryl methyl sites for hydroxylation is 4. The maximum atomic E-state index is 12.5. The lowest BCUT2D eigenvalue weighted by molar-refractivity contribution is -0.125. The summed E-state index contributed by atoms with van der Waals surface area (Å²) < 4.78 is 0. The van der Waals surface area contributed by atoms with Crippen molar-refractivity contribution in [1.82, 2.24) is 36.1 Å². The molecule has 0 spiro atoms. The molecule has 220 valence electrons. The Labute approximate surface area is 244 Å². The van der Waals surface area contributed by atoms with Gasteiger partial charge in [-0.25, -0.2) is 24.4 Å². The van der Waals surface area contributed by atoms with Crippen molar-refractivity contribution in [2.24, 2.45) is 5.73 Å². The third-order valence-corrected chi connectivity index (χ3v) is 8.68. The highest BCUT2D eigenvalue weighted by molar-refractivity contribution is 7.12. The summed E-state index contributed by atoms with van der Waals surface area (Å²) in [5, 5.41) is 20.7. The normalized spacial score (nSPS) is 21.9. The van der Waals surface area contributed by atoms with E-state index in [0.29, 0.717) is 15.4 Å². The number of carboxylic acid groups (broad SMARTS) is 1. The highest BCUT2D eigenvalue weighted by atomic mass is 35.5. The fourth-order valence-electron chi connectivity index (χ4n) is 4.41. The molecule has 2 saturated heterocycles. The summed E-state index contributed by atoms with van der Waals surface area (Å²) in [4.78, 5) is 69.9. The summed E-state index contributed by atoms with van der Waals surface area (Å²) in [7, 11) is 0. The first-order chi connectivity index (χ1) is 18.0. The molecule has 0 saturated carbocycles. The van der Waals surface area contributed by atoms with E-state index in [2.05, 4.69) is 31.2 Å². The summed E-state index contributed by atoms with van der Waals surface area (Å²) in [6, 6.07) is -1.15. The molecule has 4 heterocycles. The predicted molar refractivity (Wildman–Crippen MR) is 151 cm³/mol. The number of amides is 7. The van der Waals surface area contributed by atoms with Gasteiger partial charge in [-0.2, -0.15) is 0 Å². The van der Waals surface area contributed by atoms with Crippen molar-refractivity contribution in [2.45, 2.75) is 65.1 Å². The minimum absolute atomic E-state index is 0. The number of imide groups is 2. The van der Waals surface area contributed by atoms with Crippen LogP contribution in [0.5, 0.6) is 0 Å². The summed E-state index contributed by atoms with van der Waals surface area (Å²) in [6.45, 7) is 12.2. The van der Waals surface area contributed by atoms with Crippen molar-refractivity contribution in [2.75, 3.05) is 13.1 Å². The largest absolute Gasteiger partial charge is 0.465 e. The summed E-state index contributed by atoms with van der Waals surface area (Å²) in [6.07, 6.45) is -1.16. The van der Waals surface area contributed by atoms with Crippen molar-refractivity contribution >= 4 is 65.1 Å². The van der Waals surface area contributed by atoms with E-state index < -0.39 is 46.6 Å². The Balaban J connectivity index is 0.000000290. The van der Waals surface area contributed by atoms with Crippen LogP contribution in [-0.4, -0.2) is 68.6 Å². The van der Waals surface area contributed by atoms with Gasteiger partial charge in [0.25, 0.3) is 11.8 Å². The number of thiazole rings is 2. The van der Waals surface area contributed by atoms with Gasteiger partial charge in [-0.05, 0) is 48.5 Å². The number of hydrogen-bond donors (Lipinski definition) is 6. The second-order valence-corrected chi connectivity index (χ2v) is 12.6. The first-order valence-electron chi connectivity index (χ1n) is 11.8. The number of nitrogens with two attached hydrogens (primary N) is 1. The van der Waals surface area contributed by atoms with Gasteiger partial charge in [-0.1, -0.05) is 0 Å². The van der Waals surface area contributed by atoms with Gasteiger partial charge in [0, 0.05) is 12.1 Å². The monoisotopic (exact) mass is 616 g/mol. The van der Waals surface area contributed by atoms with Crippen LogP contribution >= 0.6 is 35.1 Å². The van der Waals surface area contributed by atoms with E-state index in [4.69, 9.17) is 5.73 Å². The number of nitrogens with one attached hydrogen (secondary N) is 4. The fraction of sp³-hybridized carbons (Fsp3) is 0.522. The molecule has 0 radical (unpaired) electrons. The first kappa shape index (κ1) is 32.9. The van der Waals surface area contributed by atoms with Crippen molar-refractivity contribution in [1.29, 1.82) is 0 Å². The lowest BCUT2D eigenvalue weighted by Gasteiger charge is -2.38. The van der Waals surface area contributed by atoms with Crippen LogP contribution in [0, 0.1) is 27.7 Å². The van der Waals surface area contributed by atoms with E-state index in [-0.39, 0.29) is 25.5 Å². The molecule has 0 aromatic carbocycles. The molecule has 2 atom stereocenters. The van der Waals surface area contributed by atoms with Gasteiger partial charge >= 0.3 is 18.2 Å². The van der Waals surface area contributed by atoms with Crippen LogP contribution in [0.1, 0.15) is 51.9 Å². The molecular weight excluding hydrogens is 584 g/mol. The Morgan fingerprint density at radius 3 is 1.55 bits per heavy atom. The number of aromatic nitrogens is 2. The molecule has 2 aromatic rings. The zero-order valence-corrected chi connectivity index (χ0v) is 25.5. The van der Waals surface area contributed by atoms with Gasteiger partial charge in [-0.15, -0.1) is 35.1 Å². The predicted octanol–water partition coefficient (Wildman–Crippen LogP) is 1.75. The minimum atomic E-state index is -1.46. The Morgan fingerprint density at radius 2 is 1.27 bits per heavy atom. The standard InChI is InChI=1S/C14H20N4O4S.C9H12N4O2S.ClH/c1-7-9(23-8(2)15-7)14(10(19)16-11(20)17-14)6-18(12(21)22)13(3,4)5;1-4-6(16-5(2)11-4)9(3-10)7(14)12-8(15)13-9;/h6H2,1-5H3,(H,21,22)(H2,16,17,19,20);3,10H2,1-2H3,(H2,12,13,14,15);1H/t14-;9-;/m00./s1. The highest BCUT2D eigenvalue weighted by Crippen LogP contribution is 2.35. The topological polar surface area (TPSA) is 209 Å². The van der Waals surface area contributed by atoms with Crippen LogP contribution in [0.15, 0.2) is 0 Å². The van der Waals surface area contributed by atoms with Crippen molar-refractivity contribution in [3.8, 4) is 0 Å². The average Bonchev–Trinajstić information content (AvgIpc) is 3.50. The van der Waals surface area contributed by atoms with Crippen LogP contribution in [0.3, 0.4) is 0 Å². The maximum Gasteiger partial charge on any atom is 0.407 e. The van der Waals surface area contributed by atoms with E-state index in [9.17, 15) is 29.1 Å². The van der Waals surface area contributed by atoms with E-state index in [1.165, 1.54) is 22.7 Å². The van der Waals surface area contributed by atoms with Gasteiger partial charge in [0.1, 0.15) is 0 Å². The smallest absolute Gasteiger partial charge is 0.407 e. The Hall–Kier alpha value is -3.34. The van der Waals surface area contributed by atoms with E-state index >= 15 is 0 Å². The lowest BCUT2D eigenvalue weighted by atomic mass is 9.93. The molecule has 4 rings (SSSR count). The minimum Gasteiger partial charge on any atom is -0.465 e. The quantitative estimate of drug-likeness (QED) is 0.270. The maximum absolute atomic E-state index is 12.5. The Morgan fingerprint density at radius 1 is 0.875 bits per heavy atom. The second kappa shape index (κ2) is 11.6. The molecule has 7 N–H and O–H groups in total. The first-order valence-corrected chi connectivity index (χ1v) is 13.5. The molecule has 2 aliphatic heterocycles. The molecule has 14 nitrogen and oxygen atoms in total. The number of urea groups is 2. The van der Waals surface area contributed by atoms with Crippen LogP contribution in [0.25, 0.3) is 0 Å². The van der Waals surface area contributed by atoms with E-state index in [1.54, 1.807) is 41.5 Å². The molecule has 2 aliphatic rings. The van der Waals surface area contributed by atoms with Gasteiger partial charge in [0.05, 0.1) is 37.7 Å². The second-order valence-electron chi connectivity index (χ2n) is 10.2. The SMILES string of the molecule is Cc1nc(C)c([C@]2(CN(C(=O)O)C(C)(C)C)NC(=O)NC2=O)s1.Cc1nc(C)c([C@]2(CN)NC(=O)NC2=O)s1.Cl. The van der Waals surface area contributed by atoms with Crippen LogP contribution in [0.4, 0.5) is 14.4 Å². The van der Waals surface area contributed by atoms with Crippen molar-refractivity contribution in [3.63, 3.8) is 0 Å². The number of carbonyl (C=O) groups excluding carboxylic acids is 4. The van der Waals surface area contributed by atoms with Crippen LogP contribution < -0.4 is 27.0 Å². The molecule has 2 fully saturated rings. The van der Waals surface area contributed by atoms with Crippen LogP contribution in [-0.2, 0) is 20.7 Å². The molecule has 40 heavy (non-hydrogen) atoms. The van der Waals surface area contributed by atoms with E-state index in [1.807, 2.05) is 6.92 Å².